The van der Waals surface area contributed by atoms with Crippen LogP contribution in [-0.4, -0.2) is 157 Å². The Morgan fingerprint density at radius 1 is 0.454 bits per heavy atom. The Labute approximate surface area is 556 Å². The summed E-state index contributed by atoms with van der Waals surface area (Å²) < 4.78 is 201. The Morgan fingerprint density at radius 2 is 0.763 bits per heavy atom. The molecular weight excluding hydrogens is 1480 g/mol. The van der Waals surface area contributed by atoms with Crippen LogP contribution in [0.5, 0.6) is 0 Å². The predicted molar refractivity (Wildman–Crippen MR) is 314 cm³/mol. The van der Waals surface area contributed by atoms with Gasteiger partial charge in [-0.2, -0.15) is 65.9 Å². The highest BCUT2D eigenvalue weighted by Crippen LogP contribution is 2.33. The lowest BCUT2D eigenvalue weighted by Crippen LogP contribution is -2.26. The summed E-state index contributed by atoms with van der Waals surface area (Å²) in [6, 6.07) is 9.16. The number of Topliss-reactive ketones (excluding diaryl/α,β-unsaturated/α-hetero) is 2. The number of alkyl carbamates (subject to hydrolysis) is 3. The summed E-state index contributed by atoms with van der Waals surface area (Å²) in [6.07, 6.45) is -19.3. The van der Waals surface area contributed by atoms with Crippen LogP contribution < -0.4 is 16.0 Å². The number of aryl methyl sites for hydroxylation is 1. The molecule has 4 N–H and O–H groups in total. The molecule has 0 unspecified atom stereocenters. The number of aromatic nitrogens is 5. The van der Waals surface area contributed by atoms with Crippen LogP contribution in [0.1, 0.15) is 118 Å². The zero-order valence-electron chi connectivity index (χ0n) is 51.4. The second kappa shape index (κ2) is 39.0. The minimum atomic E-state index is -4.71. The normalized spacial score (nSPS) is 11.4. The van der Waals surface area contributed by atoms with Gasteiger partial charge in [0.25, 0.3) is 11.8 Å². The second-order valence-corrected chi connectivity index (χ2v) is 19.8. The van der Waals surface area contributed by atoms with Crippen molar-refractivity contribution in [3.05, 3.63) is 155 Å². The highest BCUT2D eigenvalue weighted by atomic mass is 79.9. The third-order valence-electron chi connectivity index (χ3n) is 11.0. The van der Waals surface area contributed by atoms with Crippen molar-refractivity contribution < 1.29 is 133 Å². The maximum absolute atomic E-state index is 12.9. The molecule has 0 saturated carbocycles. The van der Waals surface area contributed by atoms with Crippen LogP contribution >= 0.6 is 31.9 Å². The third-order valence-corrected chi connectivity index (χ3v) is 11.8. The van der Waals surface area contributed by atoms with Gasteiger partial charge in [0, 0.05) is 61.7 Å². The molecule has 532 valence electrons. The van der Waals surface area contributed by atoms with E-state index in [0.29, 0.717) is 30.7 Å². The summed E-state index contributed by atoms with van der Waals surface area (Å²) in [5, 5.41) is 17.1. The van der Waals surface area contributed by atoms with E-state index in [1.807, 2.05) is 0 Å². The smallest absolute Gasteiger partial charge is 0.433 e. The first-order valence-electron chi connectivity index (χ1n) is 26.2. The second-order valence-electron chi connectivity index (χ2n) is 18.1. The number of aromatic carboxylic acids is 1. The highest BCUT2D eigenvalue weighted by Gasteiger charge is 2.37. The molecule has 0 fully saturated rings. The Bertz CT molecular complexity index is 3610. The van der Waals surface area contributed by atoms with Crippen molar-refractivity contribution in [2.45, 2.75) is 57.6 Å². The maximum Gasteiger partial charge on any atom is 0.433 e. The number of hydroxylamine groups is 4. The summed E-state index contributed by atoms with van der Waals surface area (Å²) in [4.78, 5) is 115. The number of nitrogens with zero attached hydrogens (tertiary/aromatic N) is 7. The van der Waals surface area contributed by atoms with Gasteiger partial charge in [0.1, 0.15) is 37.7 Å². The van der Waals surface area contributed by atoms with Crippen molar-refractivity contribution in [2.75, 3.05) is 69.3 Å². The van der Waals surface area contributed by atoms with Gasteiger partial charge in [-0.05, 0) is 131 Å². The quantitative estimate of drug-likeness (QED) is 0.0168. The number of rotatable bonds is 17. The fourth-order valence-electron chi connectivity index (χ4n) is 6.34. The lowest BCUT2D eigenvalue weighted by molar-refractivity contribution is -0.142. The zero-order valence-corrected chi connectivity index (χ0v) is 54.6. The van der Waals surface area contributed by atoms with E-state index in [-0.39, 0.29) is 74.6 Å². The van der Waals surface area contributed by atoms with Crippen LogP contribution in [0.25, 0.3) is 12.2 Å². The number of carbonyl (C=O) groups is 8. The fraction of sp³-hybridized carbons (Fsp3) is 0.339. The van der Waals surface area contributed by atoms with E-state index in [9.17, 15) is 104 Å². The largest absolute Gasteiger partial charge is 0.478 e. The summed E-state index contributed by atoms with van der Waals surface area (Å²) in [7, 11) is 8.59. The van der Waals surface area contributed by atoms with Gasteiger partial charge in [0.2, 0.25) is 0 Å². The fourth-order valence-corrected chi connectivity index (χ4v) is 7.21. The van der Waals surface area contributed by atoms with Gasteiger partial charge in [-0.3, -0.25) is 28.9 Å². The van der Waals surface area contributed by atoms with E-state index < -0.39 is 113 Å². The van der Waals surface area contributed by atoms with Crippen molar-refractivity contribution in [1.29, 1.82) is 0 Å². The molecule has 24 nitrogen and oxygen atoms in total. The molecule has 0 saturated heterocycles. The van der Waals surface area contributed by atoms with Crippen LogP contribution in [0.3, 0.4) is 0 Å². The van der Waals surface area contributed by atoms with Crippen molar-refractivity contribution >= 4 is 91.6 Å². The van der Waals surface area contributed by atoms with Gasteiger partial charge in [-0.25, -0.2) is 54.2 Å². The molecule has 0 aliphatic heterocycles. The maximum atomic E-state index is 12.9. The number of nitrogens with one attached hydrogen (secondary N) is 3. The number of hydrogen-bond acceptors (Lipinski definition) is 18. The van der Waals surface area contributed by atoms with Crippen molar-refractivity contribution in [3.8, 4) is 0 Å². The van der Waals surface area contributed by atoms with Crippen LogP contribution in [0.15, 0.2) is 82.0 Å². The molecule has 41 heteroatoms. The SMILES string of the molecule is COC(=O)NC/C=C/c1cc(C(=O)N(C)OC)cc(C(F)(F)F)n1.COC(=O)NC/C=C/c1cc(C(C)=O)cc(C(F)(F)F)n1.COC(=O)NCCCc1cc(C(C)=O)cc(C(F)(F)F)n1.CON(C)C(=O)c1cc(Br)nc(C(F)(F)F)c1.O=C(O)c1cc(Br)nc(C(F)(F)F)c1. The molecule has 0 spiro atoms. The average molecular weight is 1540 g/mol. The summed E-state index contributed by atoms with van der Waals surface area (Å²) in [5.74, 6) is -3.84. The molecule has 0 radical (unpaired) electrons. The summed E-state index contributed by atoms with van der Waals surface area (Å²) >= 11 is 5.52. The lowest BCUT2D eigenvalue weighted by atomic mass is 10.1. The number of carboxylic acid groups (broad SMARTS) is 1. The van der Waals surface area contributed by atoms with Gasteiger partial charge >= 0.3 is 55.1 Å². The molecule has 0 aliphatic rings. The minimum Gasteiger partial charge on any atom is -0.478 e. The average Bonchev–Trinajstić information content (AvgIpc) is 0.859. The molecule has 97 heavy (non-hydrogen) atoms. The monoisotopic (exact) mass is 1530 g/mol. The number of methoxy groups -OCH3 is 3. The molecule has 5 amide bonds. The number of halogens is 17. The van der Waals surface area contributed by atoms with E-state index in [0.717, 1.165) is 22.3 Å². The van der Waals surface area contributed by atoms with Crippen LogP contribution in [0.4, 0.5) is 80.2 Å². The van der Waals surface area contributed by atoms with E-state index in [2.05, 4.69) is 96.6 Å². The number of carboxylic acids is 1. The van der Waals surface area contributed by atoms with E-state index >= 15 is 0 Å². The van der Waals surface area contributed by atoms with Gasteiger partial charge in [0.05, 0.1) is 52.5 Å². The topological polar surface area (TPSA) is 310 Å². The number of hydrogen-bond donors (Lipinski definition) is 4. The molecule has 5 heterocycles. The van der Waals surface area contributed by atoms with Crippen molar-refractivity contribution in [3.63, 3.8) is 0 Å². The lowest BCUT2D eigenvalue weighted by Gasteiger charge is -2.15. The molecular formula is C56H55Br2F15N10O14. The minimum absolute atomic E-state index is 0.0197. The van der Waals surface area contributed by atoms with Gasteiger partial charge in [-0.15, -0.1) is 0 Å². The Balaban J connectivity index is 0.000000612. The van der Waals surface area contributed by atoms with Crippen molar-refractivity contribution in [2.24, 2.45) is 0 Å². The Hall–Kier alpha value is -9.38. The molecule has 0 aromatic carbocycles. The number of ketones is 2. The number of pyridine rings is 5. The number of alkyl halides is 15. The first-order chi connectivity index (χ1) is 44.7. The van der Waals surface area contributed by atoms with Crippen LogP contribution in [0, 0.1) is 0 Å². The first-order valence-corrected chi connectivity index (χ1v) is 27.7. The molecule has 5 aromatic heterocycles. The van der Waals surface area contributed by atoms with Crippen LogP contribution in [0.2, 0.25) is 0 Å². The van der Waals surface area contributed by atoms with E-state index in [1.54, 1.807) is 0 Å². The molecule has 0 atom stereocenters. The standard InChI is InChI=1S/C14H16F3N3O4.C13H15F3N2O3.C13H13F3N2O3.C9H8BrF3N2O2.C7H3BrF3NO2/c1-20(24-3)12(21)9-7-10(5-4-6-18-13(22)23-2)19-11(8-9)14(15,16)17;2*1-8(19)9-6-10(4-3-5-17-12(20)21-2)18-11(7-9)13(14,15)16;1-15(17-2)8(16)5-3-6(9(11,12)13)14-7(10)4-5;8-5-2-3(6(13)14)1-4(12-5)7(9,10)11/h4-5,7-8H,6H2,1-3H3,(H,18,22);6-7H,3-5H2,1-2H3,(H,17,20);3-4,6-7H,5H2,1-2H3,(H,17,20);3-4H,1-2H3;1-2H,(H,13,14)/b5-4+;;4-3+;;. The van der Waals surface area contributed by atoms with Crippen molar-refractivity contribution in [1.82, 2.24) is 51.0 Å². The summed E-state index contributed by atoms with van der Waals surface area (Å²) in [5.41, 5.74) is -6.76. The van der Waals surface area contributed by atoms with Gasteiger partial charge in [0.15, 0.2) is 11.6 Å². The molecule has 0 aliphatic carbocycles. The van der Waals surface area contributed by atoms with Gasteiger partial charge in [-0.1, -0.05) is 12.2 Å². The number of carbonyl (C=O) groups excluding carboxylic acids is 7. The molecule has 0 bridgehead atoms. The predicted octanol–water partition coefficient (Wildman–Crippen LogP) is 12.4. The molecule has 5 rings (SSSR count). The van der Waals surface area contributed by atoms with Gasteiger partial charge < -0.3 is 35.3 Å². The highest BCUT2D eigenvalue weighted by molar-refractivity contribution is 9.10. The van der Waals surface area contributed by atoms with E-state index in [1.165, 1.54) is 112 Å². The Kier molecular flexibility index (Phi) is 34.4. The Morgan fingerprint density at radius 3 is 1.11 bits per heavy atom. The number of ether oxygens (including phenoxy) is 3. The molecule has 5 aromatic rings. The van der Waals surface area contributed by atoms with Crippen LogP contribution in [-0.2, 0) is 61.2 Å². The zero-order chi connectivity index (χ0) is 74.6. The number of amides is 5. The van der Waals surface area contributed by atoms with E-state index in [4.69, 9.17) is 5.11 Å². The first kappa shape index (κ1) is 85.6. The summed E-state index contributed by atoms with van der Waals surface area (Å²) in [6.45, 7) is 2.67. The third kappa shape index (κ3) is 31.8.